The van der Waals surface area contributed by atoms with Gasteiger partial charge in [0.1, 0.15) is 5.69 Å². The third-order valence-corrected chi connectivity index (χ3v) is 2.28. The number of nitrogens with zero attached hydrogens (tertiary/aromatic N) is 3. The SMILES string of the molecule is COc1ncccc1C(=O)c1cnsn1. The summed E-state index contributed by atoms with van der Waals surface area (Å²) in [5, 5.41) is 0. The molecule has 0 bridgehead atoms. The lowest BCUT2D eigenvalue weighted by atomic mass is 10.1. The van der Waals surface area contributed by atoms with Crippen LogP contribution in [0.2, 0.25) is 0 Å². The van der Waals surface area contributed by atoms with Crippen LogP contribution in [0.15, 0.2) is 24.5 Å². The largest absolute Gasteiger partial charge is 0.480 e. The molecule has 6 heteroatoms. The van der Waals surface area contributed by atoms with Gasteiger partial charge < -0.3 is 4.74 Å². The predicted molar refractivity (Wildman–Crippen MR) is 54.1 cm³/mol. The van der Waals surface area contributed by atoms with Crippen LogP contribution in [0, 0.1) is 0 Å². The summed E-state index contributed by atoms with van der Waals surface area (Å²) in [5.41, 5.74) is 0.707. The van der Waals surface area contributed by atoms with Gasteiger partial charge in [-0.1, -0.05) is 0 Å². The average Bonchev–Trinajstić information content (AvgIpc) is 2.81. The summed E-state index contributed by atoms with van der Waals surface area (Å²) < 4.78 is 12.6. The summed E-state index contributed by atoms with van der Waals surface area (Å²) in [4.78, 5) is 15.8. The summed E-state index contributed by atoms with van der Waals surface area (Å²) in [6, 6.07) is 3.32. The zero-order valence-electron chi connectivity index (χ0n) is 7.88. The highest BCUT2D eigenvalue weighted by Gasteiger charge is 2.16. The molecule has 2 heterocycles. The molecule has 2 aromatic heterocycles. The van der Waals surface area contributed by atoms with Crippen molar-refractivity contribution in [2.75, 3.05) is 7.11 Å². The standard InChI is InChI=1S/C9H7N3O2S/c1-14-9-6(3-2-4-10-9)8(13)7-5-11-15-12-7/h2-5H,1H3. The zero-order chi connectivity index (χ0) is 10.7. The summed E-state index contributed by atoms with van der Waals surface area (Å²) in [6.45, 7) is 0. The highest BCUT2D eigenvalue weighted by Crippen LogP contribution is 2.17. The monoisotopic (exact) mass is 221 g/mol. The Hall–Kier alpha value is -1.82. The van der Waals surface area contributed by atoms with Gasteiger partial charge in [0.2, 0.25) is 11.7 Å². The third kappa shape index (κ3) is 1.84. The molecule has 2 aromatic rings. The van der Waals surface area contributed by atoms with Crippen LogP contribution in [0.1, 0.15) is 16.1 Å². The molecule has 0 aliphatic heterocycles. The normalized spacial score (nSPS) is 9.93. The van der Waals surface area contributed by atoms with E-state index in [0.29, 0.717) is 17.1 Å². The first kappa shape index (κ1) is 9.72. The van der Waals surface area contributed by atoms with Crippen molar-refractivity contribution in [3.63, 3.8) is 0 Å². The molecule has 0 radical (unpaired) electrons. The van der Waals surface area contributed by atoms with E-state index in [4.69, 9.17) is 4.74 Å². The fourth-order valence-electron chi connectivity index (χ4n) is 1.13. The van der Waals surface area contributed by atoms with Gasteiger partial charge in [-0.15, -0.1) is 0 Å². The molecule has 2 rings (SSSR count). The van der Waals surface area contributed by atoms with Crippen LogP contribution in [0.4, 0.5) is 0 Å². The zero-order valence-corrected chi connectivity index (χ0v) is 8.69. The first-order valence-corrected chi connectivity index (χ1v) is 4.87. The average molecular weight is 221 g/mol. The maximum Gasteiger partial charge on any atom is 0.224 e. The predicted octanol–water partition coefficient (Wildman–Crippen LogP) is 1.17. The first-order chi connectivity index (χ1) is 7.33. The van der Waals surface area contributed by atoms with Crippen molar-refractivity contribution < 1.29 is 9.53 Å². The molecule has 76 valence electrons. The highest BCUT2D eigenvalue weighted by molar-refractivity contribution is 6.99. The highest BCUT2D eigenvalue weighted by atomic mass is 32.1. The van der Waals surface area contributed by atoms with Gasteiger partial charge >= 0.3 is 0 Å². The molecule has 0 aliphatic carbocycles. The molecule has 0 fully saturated rings. The molecule has 0 unspecified atom stereocenters. The van der Waals surface area contributed by atoms with E-state index < -0.39 is 0 Å². The van der Waals surface area contributed by atoms with Crippen molar-refractivity contribution in [3.05, 3.63) is 35.8 Å². The van der Waals surface area contributed by atoms with Crippen molar-refractivity contribution in [1.29, 1.82) is 0 Å². The fraction of sp³-hybridized carbons (Fsp3) is 0.111. The van der Waals surface area contributed by atoms with Gasteiger partial charge in [-0.25, -0.2) is 4.98 Å². The van der Waals surface area contributed by atoms with Crippen LogP contribution >= 0.6 is 11.7 Å². The number of hydrogen-bond acceptors (Lipinski definition) is 6. The molecule has 5 nitrogen and oxygen atoms in total. The van der Waals surface area contributed by atoms with Crippen molar-refractivity contribution in [1.82, 2.24) is 13.7 Å². The van der Waals surface area contributed by atoms with Crippen LogP contribution in [-0.2, 0) is 0 Å². The topological polar surface area (TPSA) is 65.0 Å². The molecule has 0 saturated heterocycles. The van der Waals surface area contributed by atoms with Crippen LogP contribution in [0.5, 0.6) is 5.88 Å². The Morgan fingerprint density at radius 3 is 3.07 bits per heavy atom. The number of methoxy groups -OCH3 is 1. The summed E-state index contributed by atoms with van der Waals surface area (Å²) in [5.74, 6) is 0.0733. The van der Waals surface area contributed by atoms with Gasteiger partial charge in [0.15, 0.2) is 0 Å². The van der Waals surface area contributed by atoms with E-state index in [1.165, 1.54) is 13.3 Å². The number of pyridine rings is 1. The van der Waals surface area contributed by atoms with Gasteiger partial charge in [-0.05, 0) is 12.1 Å². The molecular weight excluding hydrogens is 214 g/mol. The minimum absolute atomic E-state index is 0.228. The molecule has 0 amide bonds. The first-order valence-electron chi connectivity index (χ1n) is 4.14. The number of ether oxygens (including phenoxy) is 1. The molecule has 0 aliphatic rings. The Kier molecular flexibility index (Phi) is 2.68. The molecule has 0 atom stereocenters. The van der Waals surface area contributed by atoms with Gasteiger partial charge in [0, 0.05) is 6.20 Å². The van der Waals surface area contributed by atoms with E-state index in [2.05, 4.69) is 13.7 Å². The van der Waals surface area contributed by atoms with Crippen LogP contribution in [-0.4, -0.2) is 26.6 Å². The van der Waals surface area contributed by atoms with Crippen LogP contribution < -0.4 is 4.74 Å². The Balaban J connectivity index is 2.42. The Morgan fingerprint density at radius 1 is 1.53 bits per heavy atom. The molecule has 0 aromatic carbocycles. The Bertz CT molecular complexity index is 470. The summed E-state index contributed by atoms with van der Waals surface area (Å²) in [7, 11) is 1.47. The van der Waals surface area contributed by atoms with E-state index in [0.717, 1.165) is 11.7 Å². The summed E-state index contributed by atoms with van der Waals surface area (Å²) >= 11 is 0.994. The molecular formula is C9H7N3O2S. The van der Waals surface area contributed by atoms with Gasteiger partial charge in [0.25, 0.3) is 0 Å². The third-order valence-electron chi connectivity index (χ3n) is 1.80. The second-order valence-electron chi connectivity index (χ2n) is 2.68. The Morgan fingerprint density at radius 2 is 2.40 bits per heavy atom. The fourth-order valence-corrected chi connectivity index (χ4v) is 1.54. The number of carbonyl (C=O) groups excluding carboxylic acids is 1. The van der Waals surface area contributed by atoms with E-state index in [-0.39, 0.29) is 5.78 Å². The van der Waals surface area contributed by atoms with Gasteiger partial charge in [-0.2, -0.15) is 8.75 Å². The minimum Gasteiger partial charge on any atom is -0.480 e. The number of hydrogen-bond donors (Lipinski definition) is 0. The Labute approximate surface area is 90.1 Å². The van der Waals surface area contributed by atoms with Crippen LogP contribution in [0.3, 0.4) is 0 Å². The van der Waals surface area contributed by atoms with E-state index in [9.17, 15) is 4.79 Å². The van der Waals surface area contributed by atoms with Crippen molar-refractivity contribution >= 4 is 17.5 Å². The van der Waals surface area contributed by atoms with Gasteiger partial charge in [-0.3, -0.25) is 4.79 Å². The van der Waals surface area contributed by atoms with E-state index in [1.54, 1.807) is 18.3 Å². The lowest BCUT2D eigenvalue weighted by Crippen LogP contribution is -2.05. The molecule has 0 spiro atoms. The van der Waals surface area contributed by atoms with Crippen LogP contribution in [0.25, 0.3) is 0 Å². The second-order valence-corrected chi connectivity index (χ2v) is 3.24. The van der Waals surface area contributed by atoms with E-state index in [1.807, 2.05) is 0 Å². The number of rotatable bonds is 3. The minimum atomic E-state index is -0.228. The van der Waals surface area contributed by atoms with Crippen molar-refractivity contribution in [2.45, 2.75) is 0 Å². The lowest BCUT2D eigenvalue weighted by molar-refractivity contribution is 0.103. The number of carbonyl (C=O) groups is 1. The number of ketones is 1. The molecule has 0 N–H and O–H groups in total. The molecule has 15 heavy (non-hydrogen) atoms. The maximum absolute atomic E-state index is 11.9. The summed E-state index contributed by atoms with van der Waals surface area (Å²) in [6.07, 6.45) is 2.99. The smallest absolute Gasteiger partial charge is 0.224 e. The lowest BCUT2D eigenvalue weighted by Gasteiger charge is -2.03. The second kappa shape index (κ2) is 4.14. The van der Waals surface area contributed by atoms with Gasteiger partial charge in [0.05, 0.1) is 30.6 Å². The van der Waals surface area contributed by atoms with Crippen molar-refractivity contribution in [2.24, 2.45) is 0 Å². The van der Waals surface area contributed by atoms with Crippen molar-refractivity contribution in [3.8, 4) is 5.88 Å². The van der Waals surface area contributed by atoms with E-state index >= 15 is 0 Å². The molecule has 0 saturated carbocycles. The quantitative estimate of drug-likeness (QED) is 0.728. The maximum atomic E-state index is 11.9. The number of aromatic nitrogens is 3.